The van der Waals surface area contributed by atoms with Crippen LogP contribution in [0.2, 0.25) is 0 Å². The molecule has 0 radical (unpaired) electrons. The fourth-order valence-corrected chi connectivity index (χ4v) is 6.88. The van der Waals surface area contributed by atoms with Gasteiger partial charge in [0, 0.05) is 19.0 Å². The van der Waals surface area contributed by atoms with E-state index in [1.807, 2.05) is 0 Å². The van der Waals surface area contributed by atoms with Gasteiger partial charge in [0.05, 0.1) is 19.7 Å². The SMILES string of the molecule is [C-]#[N+][C@@H]1CCCN1C(=O)CNC1CCN(C[C@@]23OC[C@H]4OC(CC)(CC)O[C@H]4[C@@H]2OC(CC)(CC)O3)CC1. The Balaban J connectivity index is 1.20. The average Bonchev–Trinajstić information content (AvgIpc) is 3.66. The number of nitrogens with one attached hydrogen (secondary N) is 1. The van der Waals surface area contributed by atoms with E-state index in [4.69, 9.17) is 30.3 Å². The molecule has 0 aromatic carbocycles. The highest BCUT2D eigenvalue weighted by atomic mass is 16.9. The molecule has 5 fully saturated rings. The lowest BCUT2D eigenvalue weighted by atomic mass is 9.95. The molecule has 10 heteroatoms. The van der Waals surface area contributed by atoms with Gasteiger partial charge in [0.15, 0.2) is 11.6 Å². The highest BCUT2D eigenvalue weighted by molar-refractivity contribution is 5.79. The van der Waals surface area contributed by atoms with Crippen LogP contribution in [0.5, 0.6) is 0 Å². The van der Waals surface area contributed by atoms with Crippen molar-refractivity contribution >= 4 is 5.91 Å². The molecule has 5 saturated heterocycles. The first-order valence-corrected chi connectivity index (χ1v) is 14.8. The van der Waals surface area contributed by atoms with Crippen molar-refractivity contribution in [3.8, 4) is 0 Å². The third kappa shape index (κ3) is 5.12. The Morgan fingerprint density at radius 2 is 1.68 bits per heavy atom. The monoisotopic (exact) mass is 534 g/mol. The van der Waals surface area contributed by atoms with Gasteiger partial charge in [-0.3, -0.25) is 19.4 Å². The van der Waals surface area contributed by atoms with Crippen molar-refractivity contribution in [1.82, 2.24) is 15.1 Å². The summed E-state index contributed by atoms with van der Waals surface area (Å²) in [5.41, 5.74) is 0. The number of hydrogen-bond donors (Lipinski definition) is 1. The second-order valence-electron chi connectivity index (χ2n) is 11.5. The highest BCUT2D eigenvalue weighted by Crippen LogP contribution is 2.51. The molecule has 1 amide bonds. The molecule has 0 aliphatic carbocycles. The van der Waals surface area contributed by atoms with Gasteiger partial charge in [-0.25, -0.2) is 6.57 Å². The number of likely N-dealkylation sites (tertiary alicyclic amines) is 2. The van der Waals surface area contributed by atoms with Crippen LogP contribution < -0.4 is 5.32 Å². The Labute approximate surface area is 227 Å². The fourth-order valence-electron chi connectivity index (χ4n) is 6.88. The first-order chi connectivity index (χ1) is 18.3. The quantitative estimate of drug-likeness (QED) is 0.452. The summed E-state index contributed by atoms with van der Waals surface area (Å²) in [5.74, 6) is -2.13. The summed E-state index contributed by atoms with van der Waals surface area (Å²) in [7, 11) is 0. The number of fused-ring (bicyclic) bond motifs is 3. The van der Waals surface area contributed by atoms with Gasteiger partial charge in [0.2, 0.25) is 11.7 Å². The molecule has 0 aromatic heterocycles. The van der Waals surface area contributed by atoms with Crippen LogP contribution in [0.4, 0.5) is 0 Å². The Hall–Kier alpha value is -1.32. The van der Waals surface area contributed by atoms with Crippen molar-refractivity contribution in [2.24, 2.45) is 0 Å². The molecule has 0 spiro atoms. The Morgan fingerprint density at radius 1 is 0.974 bits per heavy atom. The minimum Gasteiger partial charge on any atom is -0.343 e. The topological polar surface area (TPSA) is 86.1 Å². The minimum absolute atomic E-state index is 0.0406. The molecule has 0 unspecified atom stereocenters. The largest absolute Gasteiger partial charge is 0.343 e. The maximum Gasteiger partial charge on any atom is 0.300 e. The lowest BCUT2D eigenvalue weighted by Crippen LogP contribution is -2.63. The van der Waals surface area contributed by atoms with Crippen LogP contribution in [0.3, 0.4) is 0 Å². The average molecular weight is 535 g/mol. The maximum absolute atomic E-state index is 12.6. The first-order valence-electron chi connectivity index (χ1n) is 14.8. The van der Waals surface area contributed by atoms with Crippen molar-refractivity contribution in [1.29, 1.82) is 0 Å². The molecular weight excluding hydrogens is 488 g/mol. The molecule has 5 aliphatic heterocycles. The van der Waals surface area contributed by atoms with E-state index in [0.717, 1.165) is 64.5 Å². The number of nitrogens with zero attached hydrogens (tertiary/aromatic N) is 3. The zero-order chi connectivity index (χ0) is 27.0. The first kappa shape index (κ1) is 28.2. The molecular formula is C28H46N4O6. The van der Waals surface area contributed by atoms with Gasteiger partial charge < -0.3 is 29.0 Å². The van der Waals surface area contributed by atoms with Crippen molar-refractivity contribution in [3.63, 3.8) is 0 Å². The molecule has 38 heavy (non-hydrogen) atoms. The van der Waals surface area contributed by atoms with Crippen LogP contribution >= 0.6 is 0 Å². The number of piperidine rings is 1. The summed E-state index contributed by atoms with van der Waals surface area (Å²) in [6.07, 6.45) is 5.60. The summed E-state index contributed by atoms with van der Waals surface area (Å²) >= 11 is 0. The molecule has 0 bridgehead atoms. The smallest absolute Gasteiger partial charge is 0.300 e. The van der Waals surface area contributed by atoms with Gasteiger partial charge in [-0.1, -0.05) is 27.7 Å². The zero-order valence-corrected chi connectivity index (χ0v) is 23.6. The van der Waals surface area contributed by atoms with Gasteiger partial charge in [-0.05, 0) is 58.0 Å². The van der Waals surface area contributed by atoms with Crippen molar-refractivity contribution in [3.05, 3.63) is 11.4 Å². The van der Waals surface area contributed by atoms with Gasteiger partial charge >= 0.3 is 6.17 Å². The molecule has 1 N–H and O–H groups in total. The normalized spacial score (nSPS) is 36.7. The van der Waals surface area contributed by atoms with E-state index in [1.54, 1.807) is 4.90 Å². The fraction of sp³-hybridized carbons (Fsp3) is 0.929. The van der Waals surface area contributed by atoms with E-state index in [-0.39, 0.29) is 36.4 Å². The summed E-state index contributed by atoms with van der Waals surface area (Å²) in [4.78, 5) is 20.4. The molecule has 214 valence electrons. The second kappa shape index (κ2) is 11.3. The second-order valence-corrected chi connectivity index (χ2v) is 11.5. The Kier molecular flexibility index (Phi) is 8.38. The third-order valence-corrected chi connectivity index (χ3v) is 9.43. The highest BCUT2D eigenvalue weighted by Gasteiger charge is 2.67. The van der Waals surface area contributed by atoms with E-state index >= 15 is 0 Å². The lowest BCUT2D eigenvalue weighted by Gasteiger charge is -2.44. The predicted molar refractivity (Wildman–Crippen MR) is 140 cm³/mol. The summed E-state index contributed by atoms with van der Waals surface area (Å²) in [6, 6.07) is 0.279. The maximum atomic E-state index is 12.6. The molecule has 0 aromatic rings. The number of carbonyl (C=O) groups excluding carboxylic acids is 1. The summed E-state index contributed by atoms with van der Waals surface area (Å²) in [5, 5.41) is 3.45. The number of ether oxygens (including phenoxy) is 5. The number of carbonyl (C=O) groups is 1. The number of amides is 1. The molecule has 5 atom stereocenters. The third-order valence-electron chi connectivity index (χ3n) is 9.43. The predicted octanol–water partition coefficient (Wildman–Crippen LogP) is 2.87. The minimum atomic E-state index is -0.894. The van der Waals surface area contributed by atoms with E-state index < -0.39 is 17.4 Å². The van der Waals surface area contributed by atoms with Crippen LogP contribution in [0.1, 0.15) is 79.1 Å². The standard InChI is InChI=1S/C28H46N4O6/c1-6-26(7-2)35-21-18-34-28(25(24(21)36-26)37-27(8-3,9-4)38-28)19-31-15-12-20(13-16-31)30-17-23(33)32-14-10-11-22(32)29-5/h20-22,24-25,30H,6-19H2,1-4H3/t21-,22+,24-,25+,28+/m1/s1. The Morgan fingerprint density at radius 3 is 2.34 bits per heavy atom. The van der Waals surface area contributed by atoms with Crippen molar-refractivity contribution in [2.45, 2.75) is 127 Å². The zero-order valence-electron chi connectivity index (χ0n) is 23.6. The number of rotatable bonds is 9. The van der Waals surface area contributed by atoms with E-state index in [1.165, 1.54) is 0 Å². The van der Waals surface area contributed by atoms with Crippen LogP contribution in [-0.4, -0.2) is 103 Å². The van der Waals surface area contributed by atoms with Crippen LogP contribution in [0.15, 0.2) is 0 Å². The Bertz CT molecular complexity index is 881. The molecule has 5 heterocycles. The van der Waals surface area contributed by atoms with E-state index in [2.05, 4.69) is 42.8 Å². The van der Waals surface area contributed by atoms with Gasteiger partial charge in [-0.2, -0.15) is 0 Å². The molecule has 5 rings (SSSR count). The van der Waals surface area contributed by atoms with E-state index in [0.29, 0.717) is 26.2 Å². The van der Waals surface area contributed by atoms with Crippen molar-refractivity contribution < 1.29 is 28.5 Å². The molecule has 0 saturated carbocycles. The lowest BCUT2D eigenvalue weighted by molar-refractivity contribution is -0.293. The summed E-state index contributed by atoms with van der Waals surface area (Å²) < 4.78 is 33.0. The van der Waals surface area contributed by atoms with Crippen LogP contribution in [0.25, 0.3) is 4.85 Å². The molecule has 5 aliphatic rings. The van der Waals surface area contributed by atoms with Gasteiger partial charge in [0.25, 0.3) is 0 Å². The molecule has 10 nitrogen and oxygen atoms in total. The van der Waals surface area contributed by atoms with E-state index in [9.17, 15) is 4.79 Å². The van der Waals surface area contributed by atoms with Crippen LogP contribution in [-0.2, 0) is 28.5 Å². The van der Waals surface area contributed by atoms with Crippen molar-refractivity contribution in [2.75, 3.05) is 39.3 Å². The van der Waals surface area contributed by atoms with Crippen LogP contribution in [0, 0.1) is 6.57 Å². The number of hydrogen-bond acceptors (Lipinski definition) is 8. The van der Waals surface area contributed by atoms with Gasteiger partial charge in [-0.15, -0.1) is 0 Å². The summed E-state index contributed by atoms with van der Waals surface area (Å²) in [6.45, 7) is 19.5. The van der Waals surface area contributed by atoms with Gasteiger partial charge in [0.1, 0.15) is 18.3 Å².